The van der Waals surface area contributed by atoms with E-state index in [1.165, 1.54) is 50.4 Å². The third kappa shape index (κ3) is 2.12. The topological polar surface area (TPSA) is 19.4 Å². The van der Waals surface area contributed by atoms with E-state index in [9.17, 15) is 0 Å². The number of fused-ring (bicyclic) bond motifs is 9. The lowest BCUT2D eigenvalue weighted by atomic mass is 9.91. The molecule has 2 aliphatic heterocycles. The van der Waals surface area contributed by atoms with Crippen LogP contribution < -0.4 is 9.48 Å². The number of allylic oxidation sites excluding steroid dienone is 2. The second-order valence-electron chi connectivity index (χ2n) is 8.77. The van der Waals surface area contributed by atoms with Crippen LogP contribution >= 0.6 is 0 Å². The third-order valence-electron chi connectivity index (χ3n) is 7.10. The lowest BCUT2D eigenvalue weighted by Crippen LogP contribution is -2.43. The van der Waals surface area contributed by atoms with Crippen LogP contribution in [0.15, 0.2) is 114 Å². The Morgan fingerprint density at radius 2 is 1.55 bits per heavy atom. The molecule has 8 rings (SSSR count). The van der Waals surface area contributed by atoms with E-state index >= 15 is 0 Å². The summed E-state index contributed by atoms with van der Waals surface area (Å²) in [6.45, 7) is 0. The van der Waals surface area contributed by atoms with Crippen molar-refractivity contribution < 1.29 is 4.42 Å². The van der Waals surface area contributed by atoms with E-state index in [0.29, 0.717) is 0 Å². The van der Waals surface area contributed by atoms with Gasteiger partial charge in [0.05, 0.1) is 5.69 Å². The van der Waals surface area contributed by atoms with Crippen LogP contribution in [0.2, 0.25) is 0 Å². The van der Waals surface area contributed by atoms with Crippen molar-refractivity contribution in [2.45, 2.75) is 6.04 Å². The van der Waals surface area contributed by atoms with Gasteiger partial charge in [0.15, 0.2) is 0 Å². The van der Waals surface area contributed by atoms with Crippen molar-refractivity contribution >= 4 is 56.0 Å². The van der Waals surface area contributed by atoms with E-state index in [1.807, 2.05) is 6.07 Å². The summed E-state index contributed by atoms with van der Waals surface area (Å²) in [6.07, 6.45) is 6.70. The van der Waals surface area contributed by atoms with Gasteiger partial charge in [-0.2, -0.15) is 4.58 Å². The second kappa shape index (κ2) is 6.11. The molecule has 3 heterocycles. The molecule has 154 valence electrons. The monoisotopic (exact) mass is 423 g/mol. The van der Waals surface area contributed by atoms with Gasteiger partial charge in [-0.25, -0.2) is 0 Å². The van der Waals surface area contributed by atoms with Crippen LogP contribution in [0, 0.1) is 0 Å². The van der Waals surface area contributed by atoms with Gasteiger partial charge < -0.3 is 9.32 Å². The van der Waals surface area contributed by atoms with Crippen molar-refractivity contribution in [1.29, 1.82) is 0 Å². The third-order valence-corrected chi connectivity index (χ3v) is 7.10. The maximum absolute atomic E-state index is 6.48. The van der Waals surface area contributed by atoms with Crippen molar-refractivity contribution in [3.8, 4) is 0 Å². The van der Waals surface area contributed by atoms with Gasteiger partial charge in [-0.3, -0.25) is 0 Å². The van der Waals surface area contributed by atoms with Crippen molar-refractivity contribution in [2.24, 2.45) is 0 Å². The van der Waals surface area contributed by atoms with Gasteiger partial charge in [-0.05, 0) is 29.8 Å². The minimum atomic E-state index is 0.110. The zero-order chi connectivity index (χ0) is 21.5. The van der Waals surface area contributed by atoms with Crippen LogP contribution in [0.4, 0.5) is 22.7 Å². The van der Waals surface area contributed by atoms with Gasteiger partial charge in [0, 0.05) is 40.6 Å². The molecule has 1 aliphatic carbocycles. The average Bonchev–Trinajstić information content (AvgIpc) is 3.42. The summed E-state index contributed by atoms with van der Waals surface area (Å²) in [5, 5.41) is 2.34. The first-order chi connectivity index (χ1) is 16.4. The Balaban J connectivity index is 1.49. The number of rotatable bonds is 1. The highest BCUT2D eigenvalue weighted by molar-refractivity contribution is 6.24. The molecule has 5 aromatic rings. The maximum Gasteiger partial charge on any atom is 0.235 e. The van der Waals surface area contributed by atoms with Gasteiger partial charge in [-0.15, -0.1) is 0 Å². The second-order valence-corrected chi connectivity index (χ2v) is 8.77. The molecule has 0 spiro atoms. The van der Waals surface area contributed by atoms with Crippen molar-refractivity contribution in [1.82, 2.24) is 4.58 Å². The lowest BCUT2D eigenvalue weighted by molar-refractivity contribution is 0.668. The fraction of sp³-hybridized carbons (Fsp3) is 0.0333. The van der Waals surface area contributed by atoms with Crippen molar-refractivity contribution in [2.75, 3.05) is 4.90 Å². The van der Waals surface area contributed by atoms with Crippen molar-refractivity contribution in [3.05, 3.63) is 115 Å². The molecule has 0 bridgehead atoms. The Kier molecular flexibility index (Phi) is 3.19. The van der Waals surface area contributed by atoms with Gasteiger partial charge in [0.25, 0.3) is 0 Å². The fourth-order valence-electron chi connectivity index (χ4n) is 5.81. The van der Waals surface area contributed by atoms with E-state index in [4.69, 9.17) is 4.42 Å². The number of anilines is 2. The van der Waals surface area contributed by atoms with Gasteiger partial charge >= 0.3 is 0 Å². The minimum absolute atomic E-state index is 0.110. The predicted molar refractivity (Wildman–Crippen MR) is 136 cm³/mol. The molecular formula is C30H19N2O+. The van der Waals surface area contributed by atoms with Crippen LogP contribution in [-0.2, 0) is 0 Å². The average molecular weight is 423 g/mol. The van der Waals surface area contributed by atoms with Crippen molar-refractivity contribution in [3.63, 3.8) is 0 Å². The summed E-state index contributed by atoms with van der Waals surface area (Å²) in [4.78, 5) is 2.49. The molecule has 33 heavy (non-hydrogen) atoms. The van der Waals surface area contributed by atoms with E-state index in [1.54, 1.807) is 0 Å². The number of furan rings is 1. The quantitative estimate of drug-likeness (QED) is 0.263. The predicted octanol–water partition coefficient (Wildman–Crippen LogP) is 7.35. The normalized spacial score (nSPS) is 17.9. The number of benzene rings is 4. The Hall–Kier alpha value is -4.37. The molecule has 0 N–H and O–H groups in total. The molecule has 0 saturated heterocycles. The molecule has 1 aromatic heterocycles. The summed E-state index contributed by atoms with van der Waals surface area (Å²) in [6, 6.07) is 32.3. The summed E-state index contributed by atoms with van der Waals surface area (Å²) in [7, 11) is 0. The van der Waals surface area contributed by atoms with Gasteiger partial charge in [0.1, 0.15) is 22.9 Å². The summed E-state index contributed by atoms with van der Waals surface area (Å²) < 4.78 is 8.88. The Bertz CT molecular complexity index is 1720. The molecule has 1 unspecified atom stereocenters. The van der Waals surface area contributed by atoms with E-state index in [2.05, 4.69) is 113 Å². The highest BCUT2D eigenvalue weighted by Gasteiger charge is 2.49. The number of hydrogen-bond donors (Lipinski definition) is 0. The fourth-order valence-corrected chi connectivity index (χ4v) is 5.81. The first kappa shape index (κ1) is 17.2. The van der Waals surface area contributed by atoms with Crippen LogP contribution in [0.3, 0.4) is 0 Å². The molecule has 0 saturated carbocycles. The molecule has 0 radical (unpaired) electrons. The first-order valence-corrected chi connectivity index (χ1v) is 11.3. The maximum atomic E-state index is 6.48. The van der Waals surface area contributed by atoms with E-state index in [-0.39, 0.29) is 6.04 Å². The van der Waals surface area contributed by atoms with Crippen LogP contribution in [0.5, 0.6) is 0 Å². The highest BCUT2D eigenvalue weighted by Crippen LogP contribution is 2.54. The lowest BCUT2D eigenvalue weighted by Gasteiger charge is -2.32. The smallest absolute Gasteiger partial charge is 0.235 e. The zero-order valence-corrected chi connectivity index (χ0v) is 17.8. The van der Waals surface area contributed by atoms with Crippen LogP contribution in [-0.4, -0.2) is 11.8 Å². The Morgan fingerprint density at radius 1 is 0.727 bits per heavy atom. The van der Waals surface area contributed by atoms with Gasteiger partial charge in [0.2, 0.25) is 17.1 Å². The Morgan fingerprint density at radius 3 is 2.48 bits per heavy atom. The minimum Gasteiger partial charge on any atom is -0.455 e. The Labute approximate surface area is 190 Å². The number of nitrogens with zero attached hydrogens (tertiary/aromatic N) is 2. The standard InChI is InChI=1S/C30H19N2O/c1-2-9-19(10-3-1)31-23-13-5-6-14-24(23)32-25-18-17-21-20-11-4-7-16-27(20)33-30(21)28(25)22-12-8-15-26(31)29(22)32/h1-18,29H/q+1. The number of hydrogen-bond acceptors (Lipinski definition) is 2. The zero-order valence-electron chi connectivity index (χ0n) is 17.8. The molecule has 3 aliphatic rings. The van der Waals surface area contributed by atoms with E-state index < -0.39 is 0 Å². The van der Waals surface area contributed by atoms with E-state index in [0.717, 1.165) is 11.2 Å². The molecule has 0 amide bonds. The molecule has 4 aromatic carbocycles. The SMILES string of the molecule is C1=CC2=[N+](c3ccccc3)c3ccccc3N3c4ccc5c(oc6ccccc65)c4C(=C1)C23. The molecule has 0 fully saturated rings. The summed E-state index contributed by atoms with van der Waals surface area (Å²) in [5.74, 6) is 0. The molecule has 3 heteroatoms. The van der Waals surface area contributed by atoms with Gasteiger partial charge in [-0.1, -0.05) is 60.7 Å². The van der Waals surface area contributed by atoms with Crippen LogP contribution in [0.1, 0.15) is 5.56 Å². The summed E-state index contributed by atoms with van der Waals surface area (Å²) >= 11 is 0. The molecule has 3 nitrogen and oxygen atoms in total. The molecular weight excluding hydrogens is 404 g/mol. The number of para-hydroxylation sites is 4. The molecule has 1 atom stereocenters. The summed E-state index contributed by atoms with van der Waals surface area (Å²) in [5.41, 5.74) is 10.5. The van der Waals surface area contributed by atoms with Crippen LogP contribution in [0.25, 0.3) is 27.5 Å². The largest absolute Gasteiger partial charge is 0.455 e. The first-order valence-electron chi connectivity index (χ1n) is 11.3. The highest BCUT2D eigenvalue weighted by atomic mass is 16.3.